The molecule has 104 valence electrons. The van der Waals surface area contributed by atoms with Crippen molar-refractivity contribution in [2.75, 3.05) is 5.73 Å². The van der Waals surface area contributed by atoms with Crippen LogP contribution >= 0.6 is 0 Å². The highest BCUT2D eigenvalue weighted by atomic mass is 16.5. The van der Waals surface area contributed by atoms with E-state index >= 15 is 0 Å². The molecule has 0 radical (unpaired) electrons. The average molecular weight is 277 g/mol. The van der Waals surface area contributed by atoms with Crippen LogP contribution in [0.15, 0.2) is 67.0 Å². The van der Waals surface area contributed by atoms with Gasteiger partial charge >= 0.3 is 0 Å². The second kappa shape index (κ2) is 6.05. The molecule has 1 heterocycles. The molecular formula is C17H15N3O. The van der Waals surface area contributed by atoms with E-state index in [1.165, 1.54) is 0 Å². The van der Waals surface area contributed by atoms with Gasteiger partial charge in [0.05, 0.1) is 0 Å². The Kier molecular flexibility index (Phi) is 3.78. The predicted octanol–water partition coefficient (Wildman–Crippen LogP) is 3.30. The van der Waals surface area contributed by atoms with Gasteiger partial charge in [0.1, 0.15) is 12.4 Å². The molecule has 0 unspecified atom stereocenters. The second-order valence-corrected chi connectivity index (χ2v) is 4.60. The molecule has 21 heavy (non-hydrogen) atoms. The Hall–Kier alpha value is -2.88. The number of benzene rings is 2. The number of aromatic nitrogens is 2. The van der Waals surface area contributed by atoms with Gasteiger partial charge in [-0.3, -0.25) is 0 Å². The van der Waals surface area contributed by atoms with Crippen LogP contribution in [0, 0.1) is 0 Å². The summed E-state index contributed by atoms with van der Waals surface area (Å²) >= 11 is 0. The van der Waals surface area contributed by atoms with E-state index in [1.54, 1.807) is 12.4 Å². The lowest BCUT2D eigenvalue weighted by molar-refractivity contribution is 0.307. The Morgan fingerprint density at radius 2 is 1.52 bits per heavy atom. The lowest BCUT2D eigenvalue weighted by atomic mass is 10.1. The van der Waals surface area contributed by atoms with Crippen molar-refractivity contribution in [2.24, 2.45) is 0 Å². The first kappa shape index (κ1) is 13.1. The number of hydrogen-bond donors (Lipinski definition) is 1. The molecule has 2 aromatic carbocycles. The van der Waals surface area contributed by atoms with Crippen molar-refractivity contribution in [1.82, 2.24) is 9.97 Å². The van der Waals surface area contributed by atoms with Crippen LogP contribution in [0.25, 0.3) is 11.1 Å². The number of nitrogens with two attached hydrogens (primary N) is 1. The fraction of sp³-hybridized carbons (Fsp3) is 0.0588. The van der Waals surface area contributed by atoms with Crippen LogP contribution in [-0.4, -0.2) is 9.97 Å². The lowest BCUT2D eigenvalue weighted by Crippen LogP contribution is -1.98. The molecule has 0 spiro atoms. The zero-order chi connectivity index (χ0) is 14.5. The minimum atomic E-state index is 0.265. The molecule has 3 aromatic rings. The van der Waals surface area contributed by atoms with E-state index in [0.29, 0.717) is 6.61 Å². The van der Waals surface area contributed by atoms with Gasteiger partial charge in [-0.25, -0.2) is 9.97 Å². The van der Waals surface area contributed by atoms with E-state index in [4.69, 9.17) is 10.5 Å². The molecule has 1 aromatic heterocycles. The number of nitrogen functional groups attached to an aromatic ring is 1. The highest BCUT2D eigenvalue weighted by Gasteiger charge is 2.07. The summed E-state index contributed by atoms with van der Waals surface area (Å²) in [5.41, 5.74) is 8.48. The minimum Gasteiger partial charge on any atom is -0.488 e. The molecule has 0 bridgehead atoms. The summed E-state index contributed by atoms with van der Waals surface area (Å²) in [6.45, 7) is 0.522. The quantitative estimate of drug-likeness (QED) is 0.794. The van der Waals surface area contributed by atoms with Gasteiger partial charge in [-0.05, 0) is 11.6 Å². The summed E-state index contributed by atoms with van der Waals surface area (Å²) in [7, 11) is 0. The summed E-state index contributed by atoms with van der Waals surface area (Å²) in [6.07, 6.45) is 3.40. The van der Waals surface area contributed by atoms with E-state index < -0.39 is 0 Å². The van der Waals surface area contributed by atoms with E-state index in [-0.39, 0.29) is 5.95 Å². The number of nitrogens with zero attached hydrogens (tertiary/aromatic N) is 2. The standard InChI is InChI=1S/C17H15N3O/c18-17-19-10-14(11-20-17)15-8-4-5-9-16(15)21-12-13-6-2-1-3-7-13/h1-11H,12H2,(H2,18,19,20). The number of hydrogen-bond acceptors (Lipinski definition) is 4. The summed E-state index contributed by atoms with van der Waals surface area (Å²) in [5, 5.41) is 0. The molecule has 4 nitrogen and oxygen atoms in total. The first-order chi connectivity index (χ1) is 10.3. The van der Waals surface area contributed by atoms with Crippen LogP contribution in [0.3, 0.4) is 0 Å². The number of rotatable bonds is 4. The molecule has 0 atom stereocenters. The first-order valence-corrected chi connectivity index (χ1v) is 6.66. The fourth-order valence-electron chi connectivity index (χ4n) is 2.04. The topological polar surface area (TPSA) is 61.0 Å². The van der Waals surface area contributed by atoms with Crippen molar-refractivity contribution in [3.05, 3.63) is 72.6 Å². The Bertz CT molecular complexity index is 712. The van der Waals surface area contributed by atoms with Gasteiger partial charge in [-0.15, -0.1) is 0 Å². The number of anilines is 1. The average Bonchev–Trinajstić information content (AvgIpc) is 2.55. The third-order valence-corrected chi connectivity index (χ3v) is 3.11. The van der Waals surface area contributed by atoms with Crippen LogP contribution in [0.1, 0.15) is 5.56 Å². The Labute approximate surface area is 123 Å². The zero-order valence-electron chi connectivity index (χ0n) is 11.4. The smallest absolute Gasteiger partial charge is 0.219 e. The van der Waals surface area contributed by atoms with Crippen LogP contribution < -0.4 is 10.5 Å². The normalized spacial score (nSPS) is 10.3. The summed E-state index contributed by atoms with van der Waals surface area (Å²) in [5.74, 6) is 1.07. The number of para-hydroxylation sites is 1. The number of ether oxygens (including phenoxy) is 1. The van der Waals surface area contributed by atoms with Crippen molar-refractivity contribution >= 4 is 5.95 Å². The molecule has 2 N–H and O–H groups in total. The molecule has 0 aliphatic carbocycles. The maximum absolute atomic E-state index is 5.92. The van der Waals surface area contributed by atoms with Gasteiger partial charge in [-0.1, -0.05) is 48.5 Å². The van der Waals surface area contributed by atoms with Gasteiger partial charge < -0.3 is 10.5 Å². The highest BCUT2D eigenvalue weighted by molar-refractivity contribution is 5.69. The Morgan fingerprint density at radius 1 is 0.857 bits per heavy atom. The van der Waals surface area contributed by atoms with E-state index in [0.717, 1.165) is 22.4 Å². The molecule has 0 saturated carbocycles. The SMILES string of the molecule is Nc1ncc(-c2ccccc2OCc2ccccc2)cn1. The largest absolute Gasteiger partial charge is 0.488 e. The van der Waals surface area contributed by atoms with Crippen molar-refractivity contribution in [1.29, 1.82) is 0 Å². The summed E-state index contributed by atoms with van der Waals surface area (Å²) < 4.78 is 5.92. The van der Waals surface area contributed by atoms with Gasteiger partial charge in [-0.2, -0.15) is 0 Å². The lowest BCUT2D eigenvalue weighted by Gasteiger charge is -2.11. The minimum absolute atomic E-state index is 0.265. The Morgan fingerprint density at radius 3 is 2.29 bits per heavy atom. The van der Waals surface area contributed by atoms with Crippen LogP contribution in [-0.2, 0) is 6.61 Å². The first-order valence-electron chi connectivity index (χ1n) is 6.66. The molecule has 0 saturated heterocycles. The monoisotopic (exact) mass is 277 g/mol. The molecule has 0 fully saturated rings. The van der Waals surface area contributed by atoms with Crippen molar-refractivity contribution in [2.45, 2.75) is 6.61 Å². The molecule has 3 rings (SSSR count). The van der Waals surface area contributed by atoms with E-state index in [9.17, 15) is 0 Å². The van der Waals surface area contributed by atoms with E-state index in [2.05, 4.69) is 9.97 Å². The predicted molar refractivity (Wildman–Crippen MR) is 82.7 cm³/mol. The van der Waals surface area contributed by atoms with Gasteiger partial charge in [0.25, 0.3) is 0 Å². The molecular weight excluding hydrogens is 262 g/mol. The van der Waals surface area contributed by atoms with Crippen molar-refractivity contribution < 1.29 is 4.74 Å². The van der Waals surface area contributed by atoms with Crippen LogP contribution in [0.5, 0.6) is 5.75 Å². The van der Waals surface area contributed by atoms with Crippen LogP contribution in [0.2, 0.25) is 0 Å². The maximum Gasteiger partial charge on any atom is 0.219 e. The molecule has 0 aliphatic rings. The molecule has 0 aliphatic heterocycles. The molecule has 0 amide bonds. The summed E-state index contributed by atoms with van der Waals surface area (Å²) in [6, 6.07) is 17.9. The van der Waals surface area contributed by atoms with Gasteiger partial charge in [0.15, 0.2) is 0 Å². The van der Waals surface area contributed by atoms with Gasteiger partial charge in [0, 0.05) is 23.5 Å². The van der Waals surface area contributed by atoms with Crippen molar-refractivity contribution in [3.8, 4) is 16.9 Å². The maximum atomic E-state index is 5.92. The summed E-state index contributed by atoms with van der Waals surface area (Å²) in [4.78, 5) is 8.05. The second-order valence-electron chi connectivity index (χ2n) is 4.60. The Balaban J connectivity index is 1.84. The fourth-order valence-corrected chi connectivity index (χ4v) is 2.04. The third-order valence-electron chi connectivity index (χ3n) is 3.11. The highest BCUT2D eigenvalue weighted by Crippen LogP contribution is 2.29. The third kappa shape index (κ3) is 3.17. The zero-order valence-corrected chi connectivity index (χ0v) is 11.4. The van der Waals surface area contributed by atoms with E-state index in [1.807, 2.05) is 54.6 Å². The van der Waals surface area contributed by atoms with Crippen LogP contribution in [0.4, 0.5) is 5.95 Å². The van der Waals surface area contributed by atoms with Crippen molar-refractivity contribution in [3.63, 3.8) is 0 Å². The molecule has 4 heteroatoms. The van der Waals surface area contributed by atoms with Gasteiger partial charge in [0.2, 0.25) is 5.95 Å².